The number of carbonyl (C=O) groups excluding carboxylic acids is 1. The van der Waals surface area contributed by atoms with Crippen molar-refractivity contribution in [2.75, 3.05) is 6.61 Å². The third kappa shape index (κ3) is 2.92. The number of ether oxygens (including phenoxy) is 1. The van der Waals surface area contributed by atoms with Crippen LogP contribution in [0.15, 0.2) is 24.3 Å². The highest BCUT2D eigenvalue weighted by Gasteiger charge is 1.97. The minimum Gasteiger partial charge on any atom is -0.508 e. The monoisotopic (exact) mass is 230 g/mol. The molecule has 0 heterocycles. The van der Waals surface area contributed by atoms with Gasteiger partial charge in [-0.2, -0.15) is 0 Å². The van der Waals surface area contributed by atoms with E-state index in [0.717, 1.165) is 0 Å². The Kier molecular flexibility index (Phi) is 3.10. The van der Waals surface area contributed by atoms with Gasteiger partial charge in [0.05, 0.1) is 0 Å². The Bertz CT molecular complexity index is 268. The SMILES string of the molecule is O=C(Br)COc1ccc(O)cc1. The first-order valence-electron chi connectivity index (χ1n) is 3.28. The van der Waals surface area contributed by atoms with Crippen LogP contribution in [0.4, 0.5) is 0 Å². The first-order valence-corrected chi connectivity index (χ1v) is 4.08. The van der Waals surface area contributed by atoms with E-state index >= 15 is 0 Å². The van der Waals surface area contributed by atoms with Crippen LogP contribution in [-0.4, -0.2) is 16.4 Å². The van der Waals surface area contributed by atoms with Crippen LogP contribution in [0, 0.1) is 0 Å². The maximum absolute atomic E-state index is 10.4. The number of benzene rings is 1. The quantitative estimate of drug-likeness (QED) is 0.805. The average Bonchev–Trinajstić information content (AvgIpc) is 2.03. The molecular weight excluding hydrogens is 224 g/mol. The van der Waals surface area contributed by atoms with Crippen molar-refractivity contribution < 1.29 is 14.6 Å². The highest BCUT2D eigenvalue weighted by atomic mass is 79.9. The fourth-order valence-corrected chi connectivity index (χ4v) is 0.797. The van der Waals surface area contributed by atoms with Crippen LogP contribution in [0.1, 0.15) is 0 Å². The summed E-state index contributed by atoms with van der Waals surface area (Å²) in [7, 11) is 0. The zero-order valence-corrected chi connectivity index (χ0v) is 7.74. The second-order valence-electron chi connectivity index (χ2n) is 2.14. The first kappa shape index (κ1) is 9.06. The van der Waals surface area contributed by atoms with Gasteiger partial charge in [0, 0.05) is 0 Å². The Morgan fingerprint density at radius 1 is 1.42 bits per heavy atom. The molecule has 0 aliphatic rings. The number of rotatable bonds is 3. The molecule has 1 aromatic rings. The van der Waals surface area contributed by atoms with E-state index in [0.29, 0.717) is 5.75 Å². The molecule has 0 fully saturated rings. The fourth-order valence-electron chi connectivity index (χ4n) is 0.682. The number of halogens is 1. The predicted octanol–water partition coefficient (Wildman–Crippen LogP) is 1.69. The molecule has 12 heavy (non-hydrogen) atoms. The van der Waals surface area contributed by atoms with E-state index in [2.05, 4.69) is 15.9 Å². The number of phenols is 1. The smallest absolute Gasteiger partial charge is 0.235 e. The number of aromatic hydroxyl groups is 1. The van der Waals surface area contributed by atoms with Crippen molar-refractivity contribution in [3.05, 3.63) is 24.3 Å². The van der Waals surface area contributed by atoms with Gasteiger partial charge in [-0.25, -0.2) is 0 Å². The lowest BCUT2D eigenvalue weighted by Gasteiger charge is -2.01. The zero-order chi connectivity index (χ0) is 8.97. The van der Waals surface area contributed by atoms with E-state index in [-0.39, 0.29) is 17.0 Å². The molecule has 0 unspecified atom stereocenters. The molecule has 1 N–H and O–H groups in total. The van der Waals surface area contributed by atoms with Gasteiger partial charge in [-0.1, -0.05) is 0 Å². The molecule has 1 aromatic carbocycles. The Morgan fingerprint density at radius 3 is 2.50 bits per heavy atom. The molecular formula is C8H7BrO3. The Hall–Kier alpha value is -1.03. The van der Waals surface area contributed by atoms with E-state index in [1.165, 1.54) is 12.1 Å². The minimum absolute atomic E-state index is 0.00915. The highest BCUT2D eigenvalue weighted by molar-refractivity contribution is 9.18. The van der Waals surface area contributed by atoms with Gasteiger partial charge < -0.3 is 9.84 Å². The summed E-state index contributed by atoms with van der Waals surface area (Å²) in [6.45, 7) is -0.00915. The van der Waals surface area contributed by atoms with Crippen molar-refractivity contribution >= 4 is 20.6 Å². The minimum atomic E-state index is -0.212. The maximum atomic E-state index is 10.4. The molecule has 64 valence electrons. The molecule has 0 saturated carbocycles. The molecule has 1 rings (SSSR count). The van der Waals surface area contributed by atoms with Crippen molar-refractivity contribution in [1.82, 2.24) is 0 Å². The van der Waals surface area contributed by atoms with Gasteiger partial charge in [-0.15, -0.1) is 0 Å². The molecule has 0 spiro atoms. The van der Waals surface area contributed by atoms with Crippen molar-refractivity contribution in [2.45, 2.75) is 0 Å². The van der Waals surface area contributed by atoms with Gasteiger partial charge in [0.2, 0.25) is 4.69 Å². The lowest BCUT2D eigenvalue weighted by molar-refractivity contribution is -0.112. The lowest BCUT2D eigenvalue weighted by Crippen LogP contribution is -2.03. The van der Waals surface area contributed by atoms with Gasteiger partial charge in [0.1, 0.15) is 11.5 Å². The summed E-state index contributed by atoms with van der Waals surface area (Å²) in [6, 6.07) is 6.17. The van der Waals surface area contributed by atoms with Crippen molar-refractivity contribution in [3.63, 3.8) is 0 Å². The van der Waals surface area contributed by atoms with Gasteiger partial charge in [-0.3, -0.25) is 4.79 Å². The highest BCUT2D eigenvalue weighted by Crippen LogP contribution is 2.15. The summed E-state index contributed by atoms with van der Waals surface area (Å²) in [5.41, 5.74) is 0. The molecule has 3 nitrogen and oxygen atoms in total. The zero-order valence-electron chi connectivity index (χ0n) is 6.16. The van der Waals surface area contributed by atoms with Crippen LogP contribution in [0.2, 0.25) is 0 Å². The van der Waals surface area contributed by atoms with Crippen LogP contribution in [0.3, 0.4) is 0 Å². The first-order chi connectivity index (χ1) is 5.68. The van der Waals surface area contributed by atoms with Crippen molar-refractivity contribution in [2.24, 2.45) is 0 Å². The molecule has 0 radical (unpaired) electrons. The molecule has 0 bridgehead atoms. The van der Waals surface area contributed by atoms with Gasteiger partial charge in [0.15, 0.2) is 6.61 Å². The summed E-state index contributed by atoms with van der Waals surface area (Å²) in [4.78, 5) is 10.4. The predicted molar refractivity (Wildman–Crippen MR) is 47.5 cm³/mol. The summed E-state index contributed by atoms with van der Waals surface area (Å²) < 4.78 is 4.80. The molecule has 0 amide bonds. The van der Waals surface area contributed by atoms with E-state index in [1.54, 1.807) is 12.1 Å². The molecule has 0 atom stereocenters. The van der Waals surface area contributed by atoms with Gasteiger partial charge in [0.25, 0.3) is 0 Å². The largest absolute Gasteiger partial charge is 0.508 e. The average molecular weight is 231 g/mol. The standard InChI is InChI=1S/C8H7BrO3/c9-8(11)5-12-7-3-1-6(10)2-4-7/h1-4,10H,5H2. The number of phenolic OH excluding ortho intramolecular Hbond substituents is 1. The van der Waals surface area contributed by atoms with Gasteiger partial charge >= 0.3 is 0 Å². The lowest BCUT2D eigenvalue weighted by atomic mass is 10.3. The second kappa shape index (κ2) is 4.11. The Labute approximate surface area is 78.1 Å². The summed E-state index contributed by atoms with van der Waals surface area (Å²) in [5.74, 6) is 0.730. The number of hydrogen-bond donors (Lipinski definition) is 1. The van der Waals surface area contributed by atoms with Crippen LogP contribution < -0.4 is 4.74 Å². The van der Waals surface area contributed by atoms with Gasteiger partial charge in [-0.05, 0) is 40.2 Å². The Balaban J connectivity index is 2.53. The van der Waals surface area contributed by atoms with Crippen LogP contribution in [0.5, 0.6) is 11.5 Å². The summed E-state index contributed by atoms with van der Waals surface area (Å²) in [5, 5.41) is 8.90. The Morgan fingerprint density at radius 2 is 2.00 bits per heavy atom. The van der Waals surface area contributed by atoms with E-state index in [9.17, 15) is 4.79 Å². The fraction of sp³-hybridized carbons (Fsp3) is 0.125. The van der Waals surface area contributed by atoms with Crippen molar-refractivity contribution in [3.8, 4) is 11.5 Å². The van der Waals surface area contributed by atoms with Crippen LogP contribution >= 0.6 is 15.9 Å². The summed E-state index contributed by atoms with van der Waals surface area (Å²) in [6.07, 6.45) is 0. The van der Waals surface area contributed by atoms with Crippen molar-refractivity contribution in [1.29, 1.82) is 0 Å². The number of hydrogen-bond acceptors (Lipinski definition) is 3. The topological polar surface area (TPSA) is 46.5 Å². The normalized spacial score (nSPS) is 9.42. The molecule has 0 aliphatic carbocycles. The molecule has 0 saturated heterocycles. The van der Waals surface area contributed by atoms with E-state index < -0.39 is 0 Å². The third-order valence-electron chi connectivity index (χ3n) is 1.19. The van der Waals surface area contributed by atoms with Crippen LogP contribution in [0.25, 0.3) is 0 Å². The molecule has 0 aromatic heterocycles. The second-order valence-corrected chi connectivity index (χ2v) is 3.02. The van der Waals surface area contributed by atoms with E-state index in [1.807, 2.05) is 0 Å². The summed E-state index contributed by atoms with van der Waals surface area (Å²) >= 11 is 2.73. The van der Waals surface area contributed by atoms with Crippen LogP contribution in [-0.2, 0) is 4.79 Å². The number of carbonyl (C=O) groups is 1. The van der Waals surface area contributed by atoms with E-state index in [4.69, 9.17) is 9.84 Å². The molecule has 4 heteroatoms. The maximum Gasteiger partial charge on any atom is 0.235 e. The molecule has 0 aliphatic heterocycles. The third-order valence-corrected chi connectivity index (χ3v) is 1.42.